The van der Waals surface area contributed by atoms with Crippen LogP contribution in [0, 0.1) is 11.7 Å². The smallest absolute Gasteiger partial charge is 0.340 e. The Bertz CT molecular complexity index is 976. The summed E-state index contributed by atoms with van der Waals surface area (Å²) in [6.45, 7) is 1.76. The molecule has 156 valence electrons. The number of hydrogen-bond acceptors (Lipinski definition) is 4. The lowest BCUT2D eigenvalue weighted by Gasteiger charge is -2.31. The molecular formula is C23H25FN4O2. The maximum atomic E-state index is 14.0. The number of ether oxygens (including phenoxy) is 1. The monoisotopic (exact) mass is 408 g/mol. The maximum absolute atomic E-state index is 14.0. The van der Waals surface area contributed by atoms with Crippen molar-refractivity contribution in [2.75, 3.05) is 26.7 Å². The molecule has 7 heteroatoms. The summed E-state index contributed by atoms with van der Waals surface area (Å²) >= 11 is 0. The fourth-order valence-electron chi connectivity index (χ4n) is 4.18. The number of benzene rings is 2. The van der Waals surface area contributed by atoms with Gasteiger partial charge < -0.3 is 15.0 Å². The Labute approximate surface area is 175 Å². The Hall–Kier alpha value is -2.93. The van der Waals surface area contributed by atoms with Crippen LogP contribution in [-0.2, 0) is 0 Å². The van der Waals surface area contributed by atoms with Gasteiger partial charge in [-0.15, -0.1) is 0 Å². The lowest BCUT2D eigenvalue weighted by molar-refractivity contribution is 0.133. The van der Waals surface area contributed by atoms with Gasteiger partial charge in [0.05, 0.1) is 24.3 Å². The molecule has 2 aromatic carbocycles. The van der Waals surface area contributed by atoms with Crippen LogP contribution >= 0.6 is 0 Å². The molecule has 0 spiro atoms. The summed E-state index contributed by atoms with van der Waals surface area (Å²) in [7, 11) is 1.80. The molecule has 0 bridgehead atoms. The molecular weight excluding hydrogens is 383 g/mol. The van der Waals surface area contributed by atoms with Gasteiger partial charge in [0.2, 0.25) is 0 Å². The van der Waals surface area contributed by atoms with E-state index in [1.807, 2.05) is 30.3 Å². The van der Waals surface area contributed by atoms with E-state index >= 15 is 0 Å². The molecule has 3 aliphatic rings. The Balaban J connectivity index is 1.46. The summed E-state index contributed by atoms with van der Waals surface area (Å²) in [5, 5.41) is 9.71. The van der Waals surface area contributed by atoms with Crippen LogP contribution in [0.4, 0.5) is 9.18 Å². The van der Waals surface area contributed by atoms with Crippen molar-refractivity contribution in [1.82, 2.24) is 15.2 Å². The van der Waals surface area contributed by atoms with E-state index in [0.29, 0.717) is 36.2 Å². The highest BCUT2D eigenvalue weighted by atomic mass is 19.1. The lowest BCUT2D eigenvalue weighted by Crippen LogP contribution is -2.43. The van der Waals surface area contributed by atoms with Gasteiger partial charge >= 0.3 is 6.03 Å². The van der Waals surface area contributed by atoms with Gasteiger partial charge in [0.1, 0.15) is 11.6 Å². The molecule has 1 N–H and O–H groups in total. The quantitative estimate of drug-likeness (QED) is 0.825. The van der Waals surface area contributed by atoms with E-state index < -0.39 is 0 Å². The SMILES string of the molecule is CN(CCNC1CC1)C(=O)N1N=C2c3cc(F)ccc3OCC2C1c1ccccc1. The van der Waals surface area contributed by atoms with E-state index in [9.17, 15) is 9.18 Å². The van der Waals surface area contributed by atoms with E-state index in [1.165, 1.54) is 25.0 Å². The van der Waals surface area contributed by atoms with Crippen LogP contribution < -0.4 is 10.1 Å². The molecule has 2 unspecified atom stereocenters. The average Bonchev–Trinajstić information content (AvgIpc) is 3.50. The van der Waals surface area contributed by atoms with Gasteiger partial charge in [-0.1, -0.05) is 30.3 Å². The molecule has 2 amide bonds. The van der Waals surface area contributed by atoms with Gasteiger partial charge in [0.25, 0.3) is 0 Å². The van der Waals surface area contributed by atoms with Crippen molar-refractivity contribution in [2.45, 2.75) is 24.9 Å². The first-order chi connectivity index (χ1) is 14.6. The zero-order valence-corrected chi connectivity index (χ0v) is 16.9. The summed E-state index contributed by atoms with van der Waals surface area (Å²) in [6.07, 6.45) is 2.43. The van der Waals surface area contributed by atoms with Gasteiger partial charge in [-0.2, -0.15) is 5.10 Å². The fourth-order valence-corrected chi connectivity index (χ4v) is 4.18. The fraction of sp³-hybridized carbons (Fsp3) is 0.391. The summed E-state index contributed by atoms with van der Waals surface area (Å²) in [5.41, 5.74) is 2.32. The van der Waals surface area contributed by atoms with Crippen LogP contribution in [0.5, 0.6) is 5.75 Å². The number of fused-ring (bicyclic) bond motifs is 3. The third kappa shape index (κ3) is 3.54. The zero-order chi connectivity index (χ0) is 20.7. The number of likely N-dealkylation sites (N-methyl/N-ethyl adjacent to an activating group) is 1. The predicted molar refractivity (Wildman–Crippen MR) is 112 cm³/mol. The van der Waals surface area contributed by atoms with Gasteiger partial charge in [-0.05, 0) is 36.6 Å². The van der Waals surface area contributed by atoms with Gasteiger partial charge in [0, 0.05) is 31.7 Å². The molecule has 6 nitrogen and oxygen atoms in total. The first kappa shape index (κ1) is 19.1. The Morgan fingerprint density at radius 2 is 2.07 bits per heavy atom. The van der Waals surface area contributed by atoms with Crippen LogP contribution in [0.25, 0.3) is 0 Å². The van der Waals surface area contributed by atoms with Crippen molar-refractivity contribution in [3.05, 3.63) is 65.5 Å². The third-order valence-corrected chi connectivity index (χ3v) is 5.97. The Kier molecular flexibility index (Phi) is 4.90. The molecule has 1 saturated carbocycles. The van der Waals surface area contributed by atoms with Crippen LogP contribution in [0.15, 0.2) is 53.6 Å². The van der Waals surface area contributed by atoms with E-state index in [1.54, 1.807) is 23.0 Å². The van der Waals surface area contributed by atoms with Crippen molar-refractivity contribution in [1.29, 1.82) is 0 Å². The average molecular weight is 408 g/mol. The number of amides is 2. The lowest BCUT2D eigenvalue weighted by atomic mass is 9.86. The third-order valence-electron chi connectivity index (χ3n) is 5.97. The highest BCUT2D eigenvalue weighted by molar-refractivity contribution is 6.07. The van der Waals surface area contributed by atoms with E-state index in [0.717, 1.165) is 12.1 Å². The van der Waals surface area contributed by atoms with E-state index in [4.69, 9.17) is 9.84 Å². The minimum Gasteiger partial charge on any atom is -0.492 e. The largest absolute Gasteiger partial charge is 0.492 e. The molecule has 0 saturated heterocycles. The number of urea groups is 1. The van der Waals surface area contributed by atoms with Crippen molar-refractivity contribution >= 4 is 11.7 Å². The molecule has 1 fully saturated rings. The molecule has 5 rings (SSSR count). The molecule has 0 aromatic heterocycles. The minimum absolute atomic E-state index is 0.149. The Morgan fingerprint density at radius 3 is 2.83 bits per heavy atom. The van der Waals surface area contributed by atoms with Crippen molar-refractivity contribution in [2.24, 2.45) is 11.0 Å². The normalized spacial score (nSPS) is 22.1. The first-order valence-electron chi connectivity index (χ1n) is 10.5. The highest BCUT2D eigenvalue weighted by Crippen LogP contribution is 2.42. The second-order valence-corrected chi connectivity index (χ2v) is 8.18. The van der Waals surface area contributed by atoms with Gasteiger partial charge in [-0.25, -0.2) is 14.2 Å². The molecule has 2 heterocycles. The first-order valence-corrected chi connectivity index (χ1v) is 10.5. The number of carbonyl (C=O) groups is 1. The van der Waals surface area contributed by atoms with Gasteiger partial charge in [0.15, 0.2) is 0 Å². The number of halogens is 1. The van der Waals surface area contributed by atoms with Crippen LogP contribution in [0.3, 0.4) is 0 Å². The van der Waals surface area contributed by atoms with Gasteiger partial charge in [-0.3, -0.25) is 0 Å². The topological polar surface area (TPSA) is 57.2 Å². The summed E-state index contributed by atoms with van der Waals surface area (Å²) < 4.78 is 19.9. The standard InChI is InChI=1S/C23H25FN4O2/c1-27(12-11-25-17-8-9-17)23(29)28-22(15-5-3-2-4-6-15)19-14-30-20-10-7-16(24)13-18(20)21(19)26-28/h2-7,10,13,17,19,22,25H,8-9,11-12,14H2,1H3. The van der Waals surface area contributed by atoms with E-state index in [-0.39, 0.29) is 23.8 Å². The summed E-state index contributed by atoms with van der Waals surface area (Å²) in [4.78, 5) is 15.0. The molecule has 2 atom stereocenters. The highest BCUT2D eigenvalue weighted by Gasteiger charge is 2.45. The number of hydrogen-bond donors (Lipinski definition) is 1. The number of rotatable bonds is 5. The molecule has 1 aliphatic carbocycles. The zero-order valence-electron chi connectivity index (χ0n) is 16.9. The van der Waals surface area contributed by atoms with Crippen molar-refractivity contribution in [3.8, 4) is 5.75 Å². The number of hydrazone groups is 1. The second kappa shape index (κ2) is 7.72. The van der Waals surface area contributed by atoms with Crippen LogP contribution in [-0.4, -0.2) is 54.4 Å². The van der Waals surface area contributed by atoms with Crippen molar-refractivity contribution in [3.63, 3.8) is 0 Å². The van der Waals surface area contributed by atoms with Crippen LogP contribution in [0.1, 0.15) is 30.0 Å². The second-order valence-electron chi connectivity index (χ2n) is 8.18. The molecule has 30 heavy (non-hydrogen) atoms. The molecule has 0 radical (unpaired) electrons. The predicted octanol–water partition coefficient (Wildman–Crippen LogP) is 3.40. The maximum Gasteiger partial charge on any atom is 0.340 e. The van der Waals surface area contributed by atoms with E-state index in [2.05, 4.69) is 5.32 Å². The van der Waals surface area contributed by atoms with Crippen LogP contribution in [0.2, 0.25) is 0 Å². The molecule has 2 aliphatic heterocycles. The molecule has 2 aromatic rings. The summed E-state index contributed by atoms with van der Waals surface area (Å²) in [5.74, 6) is 0.114. The number of carbonyl (C=O) groups excluding carboxylic acids is 1. The summed E-state index contributed by atoms with van der Waals surface area (Å²) in [6, 6.07) is 14.5. The van der Waals surface area contributed by atoms with Crippen molar-refractivity contribution < 1.29 is 13.9 Å². The number of nitrogens with zero attached hydrogens (tertiary/aromatic N) is 3. The minimum atomic E-state index is -0.343. The number of nitrogens with one attached hydrogen (secondary N) is 1. The Morgan fingerprint density at radius 1 is 1.27 bits per heavy atom.